The van der Waals surface area contributed by atoms with Crippen molar-refractivity contribution in [3.63, 3.8) is 0 Å². The third-order valence-electron chi connectivity index (χ3n) is 5.08. The molecule has 7 heteroatoms. The third-order valence-corrected chi connectivity index (χ3v) is 5.08. The minimum Gasteiger partial charge on any atom is -0.493 e. The quantitative estimate of drug-likeness (QED) is 0.808. The number of nitrogens with one attached hydrogen (secondary N) is 1. The molecule has 2 amide bonds. The maximum Gasteiger partial charge on any atom is 0.229 e. The molecule has 154 valence electrons. The minimum absolute atomic E-state index is 0.0521. The van der Waals surface area contributed by atoms with Gasteiger partial charge in [-0.25, -0.2) is 0 Å². The zero-order chi connectivity index (χ0) is 21.1. The largest absolute Gasteiger partial charge is 0.493 e. The fraction of sp³-hybridized carbons (Fsp3) is 0.364. The molecule has 0 aliphatic carbocycles. The number of rotatable bonds is 6. The summed E-state index contributed by atoms with van der Waals surface area (Å²) in [5.74, 6) is 0.624. The SMILES string of the molecule is COc1cc(NC(=O)C2CC(=O)N(c3cc(C)ccc3C)C2)cc(OC)c1OC. The van der Waals surface area contributed by atoms with Crippen molar-refractivity contribution in [3.8, 4) is 17.2 Å². The van der Waals surface area contributed by atoms with Crippen molar-refractivity contribution in [2.75, 3.05) is 38.1 Å². The van der Waals surface area contributed by atoms with Crippen molar-refractivity contribution < 1.29 is 23.8 Å². The lowest BCUT2D eigenvalue weighted by molar-refractivity contribution is -0.122. The van der Waals surface area contributed by atoms with Crippen LogP contribution in [-0.2, 0) is 9.59 Å². The van der Waals surface area contributed by atoms with Crippen molar-refractivity contribution in [1.82, 2.24) is 0 Å². The van der Waals surface area contributed by atoms with Gasteiger partial charge in [0.05, 0.1) is 27.2 Å². The van der Waals surface area contributed by atoms with E-state index in [4.69, 9.17) is 14.2 Å². The van der Waals surface area contributed by atoms with E-state index in [0.717, 1.165) is 16.8 Å². The maximum absolute atomic E-state index is 12.8. The van der Waals surface area contributed by atoms with E-state index in [2.05, 4.69) is 5.32 Å². The number of hydrogen-bond acceptors (Lipinski definition) is 5. The summed E-state index contributed by atoms with van der Waals surface area (Å²) in [5, 5.41) is 2.87. The Kier molecular flexibility index (Phi) is 5.96. The van der Waals surface area contributed by atoms with E-state index in [-0.39, 0.29) is 18.2 Å². The zero-order valence-electron chi connectivity index (χ0n) is 17.4. The van der Waals surface area contributed by atoms with E-state index in [1.54, 1.807) is 17.0 Å². The molecule has 0 bridgehead atoms. The highest BCUT2D eigenvalue weighted by atomic mass is 16.5. The second-order valence-electron chi connectivity index (χ2n) is 7.10. The van der Waals surface area contributed by atoms with Gasteiger partial charge in [0.2, 0.25) is 17.6 Å². The number of nitrogens with zero attached hydrogens (tertiary/aromatic N) is 1. The average Bonchev–Trinajstić information content (AvgIpc) is 3.10. The first-order valence-electron chi connectivity index (χ1n) is 9.36. The van der Waals surface area contributed by atoms with Gasteiger partial charge >= 0.3 is 0 Å². The number of anilines is 2. The van der Waals surface area contributed by atoms with Crippen molar-refractivity contribution in [1.29, 1.82) is 0 Å². The Labute approximate surface area is 170 Å². The molecule has 1 N–H and O–H groups in total. The summed E-state index contributed by atoms with van der Waals surface area (Å²) in [7, 11) is 4.55. The van der Waals surface area contributed by atoms with E-state index in [9.17, 15) is 9.59 Å². The van der Waals surface area contributed by atoms with Gasteiger partial charge < -0.3 is 24.4 Å². The molecule has 2 aromatic rings. The van der Waals surface area contributed by atoms with Gasteiger partial charge in [-0.2, -0.15) is 0 Å². The fourth-order valence-electron chi connectivity index (χ4n) is 3.52. The molecule has 1 unspecified atom stereocenters. The van der Waals surface area contributed by atoms with Crippen LogP contribution in [0.1, 0.15) is 17.5 Å². The molecular formula is C22H26N2O5. The predicted molar refractivity (Wildman–Crippen MR) is 111 cm³/mol. The van der Waals surface area contributed by atoms with Gasteiger partial charge in [-0.15, -0.1) is 0 Å². The standard InChI is InChI=1S/C22H26N2O5/c1-13-6-7-14(2)17(8-13)24-12-15(9-20(24)25)22(26)23-16-10-18(27-3)21(29-5)19(11-16)28-4/h6-8,10-11,15H,9,12H2,1-5H3,(H,23,26). The van der Waals surface area contributed by atoms with E-state index < -0.39 is 5.92 Å². The number of methoxy groups -OCH3 is 3. The lowest BCUT2D eigenvalue weighted by Gasteiger charge is -2.20. The number of carbonyl (C=O) groups is 2. The van der Waals surface area contributed by atoms with Crippen LogP contribution in [0.3, 0.4) is 0 Å². The molecule has 0 saturated carbocycles. The second kappa shape index (κ2) is 8.43. The van der Waals surface area contributed by atoms with Crippen LogP contribution < -0.4 is 24.4 Å². The number of benzene rings is 2. The Morgan fingerprint density at radius 2 is 1.69 bits per heavy atom. The average molecular weight is 398 g/mol. The summed E-state index contributed by atoms with van der Waals surface area (Å²) in [6.45, 7) is 4.29. The summed E-state index contributed by atoms with van der Waals surface area (Å²) >= 11 is 0. The second-order valence-corrected chi connectivity index (χ2v) is 7.10. The number of ether oxygens (including phenoxy) is 3. The molecule has 1 aliphatic rings. The molecule has 1 aliphatic heterocycles. The summed E-state index contributed by atoms with van der Waals surface area (Å²) in [6, 6.07) is 9.30. The number of amides is 2. The van der Waals surface area contributed by atoms with Crippen molar-refractivity contribution in [2.24, 2.45) is 5.92 Å². The third kappa shape index (κ3) is 4.13. The van der Waals surface area contributed by atoms with Gasteiger partial charge in [0, 0.05) is 36.5 Å². The van der Waals surface area contributed by atoms with Gasteiger partial charge in [0.1, 0.15) is 0 Å². The van der Waals surface area contributed by atoms with Gasteiger partial charge in [0.15, 0.2) is 11.5 Å². The van der Waals surface area contributed by atoms with Crippen LogP contribution in [0, 0.1) is 19.8 Å². The summed E-state index contributed by atoms with van der Waals surface area (Å²) < 4.78 is 16.0. The lowest BCUT2D eigenvalue weighted by atomic mass is 10.1. The molecule has 0 radical (unpaired) electrons. The molecule has 1 atom stereocenters. The van der Waals surface area contributed by atoms with Crippen molar-refractivity contribution in [3.05, 3.63) is 41.5 Å². The molecule has 1 heterocycles. The molecule has 7 nitrogen and oxygen atoms in total. The highest BCUT2D eigenvalue weighted by Crippen LogP contribution is 2.40. The van der Waals surface area contributed by atoms with Crippen molar-refractivity contribution in [2.45, 2.75) is 20.3 Å². The smallest absolute Gasteiger partial charge is 0.229 e. The highest BCUT2D eigenvalue weighted by molar-refractivity contribution is 6.04. The van der Waals surface area contributed by atoms with Gasteiger partial charge in [-0.05, 0) is 31.0 Å². The van der Waals surface area contributed by atoms with Gasteiger partial charge in [-0.3, -0.25) is 9.59 Å². The normalized spacial score (nSPS) is 16.0. The van der Waals surface area contributed by atoms with Crippen molar-refractivity contribution >= 4 is 23.2 Å². The Morgan fingerprint density at radius 1 is 1.03 bits per heavy atom. The molecule has 0 aromatic heterocycles. The van der Waals surface area contributed by atoms with Gasteiger partial charge in [0.25, 0.3) is 0 Å². The first-order chi connectivity index (χ1) is 13.9. The fourth-order valence-corrected chi connectivity index (χ4v) is 3.52. The van der Waals surface area contributed by atoms with Crippen LogP contribution in [0.15, 0.2) is 30.3 Å². The van der Waals surface area contributed by atoms with Crippen LogP contribution in [0.4, 0.5) is 11.4 Å². The molecule has 2 aromatic carbocycles. The number of hydrogen-bond donors (Lipinski definition) is 1. The van der Waals surface area contributed by atoms with Crippen LogP contribution in [0.2, 0.25) is 0 Å². The summed E-state index contributed by atoms with van der Waals surface area (Å²) in [6.07, 6.45) is 0.170. The monoisotopic (exact) mass is 398 g/mol. The van der Waals surface area contributed by atoms with E-state index in [0.29, 0.717) is 29.5 Å². The van der Waals surface area contributed by atoms with E-state index in [1.165, 1.54) is 21.3 Å². The van der Waals surface area contributed by atoms with Crippen LogP contribution >= 0.6 is 0 Å². The van der Waals surface area contributed by atoms with Crippen LogP contribution in [-0.4, -0.2) is 39.7 Å². The molecule has 1 saturated heterocycles. The first-order valence-corrected chi connectivity index (χ1v) is 9.36. The van der Waals surface area contributed by atoms with E-state index >= 15 is 0 Å². The maximum atomic E-state index is 12.8. The zero-order valence-corrected chi connectivity index (χ0v) is 17.4. The van der Waals surface area contributed by atoms with E-state index in [1.807, 2.05) is 32.0 Å². The topological polar surface area (TPSA) is 77.1 Å². The number of carbonyl (C=O) groups excluding carboxylic acids is 2. The Hall–Kier alpha value is -3.22. The van der Waals surface area contributed by atoms with Crippen LogP contribution in [0.25, 0.3) is 0 Å². The Morgan fingerprint density at radius 3 is 2.28 bits per heavy atom. The van der Waals surface area contributed by atoms with Gasteiger partial charge in [-0.1, -0.05) is 12.1 Å². The molecule has 1 fully saturated rings. The molecular weight excluding hydrogens is 372 g/mol. The number of aryl methyl sites for hydroxylation is 2. The molecule has 29 heavy (non-hydrogen) atoms. The summed E-state index contributed by atoms with van der Waals surface area (Å²) in [5.41, 5.74) is 3.46. The molecule has 3 rings (SSSR count). The summed E-state index contributed by atoms with van der Waals surface area (Å²) in [4.78, 5) is 27.1. The molecule has 0 spiro atoms. The minimum atomic E-state index is -0.443. The first kappa shape index (κ1) is 20.5. The highest BCUT2D eigenvalue weighted by Gasteiger charge is 2.36. The Balaban J connectivity index is 1.78. The lowest BCUT2D eigenvalue weighted by Crippen LogP contribution is -2.28. The predicted octanol–water partition coefficient (Wildman–Crippen LogP) is 3.32. The Bertz CT molecular complexity index is 916. The van der Waals surface area contributed by atoms with Crippen LogP contribution in [0.5, 0.6) is 17.2 Å².